The molecule has 0 aromatic heterocycles. The third-order valence-corrected chi connectivity index (χ3v) is 4.18. The van der Waals surface area contributed by atoms with Crippen LogP contribution in [-0.2, 0) is 5.75 Å². The number of halogens is 2. The lowest BCUT2D eigenvalue weighted by Crippen LogP contribution is -1.85. The van der Waals surface area contributed by atoms with Crippen molar-refractivity contribution in [2.45, 2.75) is 17.6 Å². The Labute approximate surface area is 113 Å². The maximum Gasteiger partial charge on any atom is 0.124 e. The molecule has 0 fully saturated rings. The van der Waals surface area contributed by atoms with Gasteiger partial charge in [-0.15, -0.1) is 11.8 Å². The average molecular weight is 311 g/mol. The Kier molecular flexibility index (Phi) is 4.24. The van der Waals surface area contributed by atoms with Gasteiger partial charge in [0.25, 0.3) is 0 Å². The predicted molar refractivity (Wildman–Crippen MR) is 74.8 cm³/mol. The van der Waals surface area contributed by atoms with Crippen molar-refractivity contribution < 1.29 is 4.39 Å². The van der Waals surface area contributed by atoms with Crippen LogP contribution >= 0.6 is 27.7 Å². The van der Waals surface area contributed by atoms with Gasteiger partial charge in [0, 0.05) is 15.1 Å². The smallest absolute Gasteiger partial charge is 0.124 e. The molecule has 88 valence electrons. The van der Waals surface area contributed by atoms with Crippen LogP contribution < -0.4 is 0 Å². The minimum Gasteiger partial charge on any atom is -0.207 e. The van der Waals surface area contributed by atoms with Crippen molar-refractivity contribution in [2.24, 2.45) is 0 Å². The summed E-state index contributed by atoms with van der Waals surface area (Å²) in [6, 6.07) is 13.2. The molecule has 0 saturated heterocycles. The molecule has 2 rings (SSSR count). The van der Waals surface area contributed by atoms with Crippen LogP contribution in [0.1, 0.15) is 11.1 Å². The van der Waals surface area contributed by atoms with Crippen molar-refractivity contribution in [1.82, 2.24) is 0 Å². The Bertz CT molecular complexity index is 525. The highest BCUT2D eigenvalue weighted by Gasteiger charge is 2.02. The second kappa shape index (κ2) is 5.69. The quantitative estimate of drug-likeness (QED) is 0.703. The zero-order valence-electron chi connectivity index (χ0n) is 9.41. The fraction of sp³-hybridized carbons (Fsp3) is 0.143. The van der Waals surface area contributed by atoms with Crippen LogP contribution in [0.5, 0.6) is 0 Å². The predicted octanol–water partition coefficient (Wildman–Crippen LogP) is 5.19. The minimum absolute atomic E-state index is 0.207. The minimum atomic E-state index is -0.207. The first-order valence-corrected chi connectivity index (χ1v) is 7.06. The van der Waals surface area contributed by atoms with Gasteiger partial charge >= 0.3 is 0 Å². The second-order valence-electron chi connectivity index (χ2n) is 3.84. The van der Waals surface area contributed by atoms with E-state index < -0.39 is 0 Å². The third kappa shape index (κ3) is 3.58. The molecule has 0 atom stereocenters. The van der Waals surface area contributed by atoms with Gasteiger partial charge in [-0.2, -0.15) is 0 Å². The van der Waals surface area contributed by atoms with Crippen molar-refractivity contribution in [3.05, 3.63) is 63.9 Å². The molecule has 0 heterocycles. The van der Waals surface area contributed by atoms with E-state index in [1.807, 2.05) is 6.07 Å². The zero-order chi connectivity index (χ0) is 12.3. The molecule has 0 aliphatic rings. The van der Waals surface area contributed by atoms with E-state index in [0.29, 0.717) is 0 Å². The maximum absolute atomic E-state index is 12.9. The molecule has 0 saturated carbocycles. The molecule has 0 aliphatic heterocycles. The highest BCUT2D eigenvalue weighted by Crippen LogP contribution is 2.27. The lowest BCUT2D eigenvalue weighted by atomic mass is 10.2. The van der Waals surface area contributed by atoms with Gasteiger partial charge in [-0.1, -0.05) is 39.7 Å². The van der Waals surface area contributed by atoms with Gasteiger partial charge in [0.05, 0.1) is 0 Å². The molecule has 17 heavy (non-hydrogen) atoms. The van der Waals surface area contributed by atoms with Crippen molar-refractivity contribution in [1.29, 1.82) is 0 Å². The fourth-order valence-corrected chi connectivity index (χ4v) is 3.20. The van der Waals surface area contributed by atoms with E-state index in [1.165, 1.54) is 22.6 Å². The second-order valence-corrected chi connectivity index (χ2v) is 5.74. The molecule has 0 unspecified atom stereocenters. The summed E-state index contributed by atoms with van der Waals surface area (Å²) in [5.41, 5.74) is 2.37. The van der Waals surface area contributed by atoms with Crippen molar-refractivity contribution >= 4 is 27.7 Å². The normalized spacial score (nSPS) is 10.5. The van der Waals surface area contributed by atoms with Crippen LogP contribution in [0.4, 0.5) is 4.39 Å². The SMILES string of the molecule is Cc1cccc(SCc2ccc(F)cc2Br)c1. The van der Waals surface area contributed by atoms with Crippen LogP contribution in [0.2, 0.25) is 0 Å². The molecule has 0 radical (unpaired) electrons. The molecule has 3 heteroatoms. The lowest BCUT2D eigenvalue weighted by Gasteiger charge is -2.05. The highest BCUT2D eigenvalue weighted by molar-refractivity contribution is 9.10. The number of rotatable bonds is 3. The Morgan fingerprint density at radius 1 is 1.18 bits per heavy atom. The largest absolute Gasteiger partial charge is 0.207 e. The van der Waals surface area contributed by atoms with Gasteiger partial charge in [0.2, 0.25) is 0 Å². The molecule has 2 aromatic rings. The van der Waals surface area contributed by atoms with E-state index in [9.17, 15) is 4.39 Å². The molecule has 0 bridgehead atoms. The van der Waals surface area contributed by atoms with Crippen molar-refractivity contribution in [3.8, 4) is 0 Å². The number of aryl methyl sites for hydroxylation is 1. The van der Waals surface area contributed by atoms with Gasteiger partial charge in [-0.3, -0.25) is 0 Å². The highest BCUT2D eigenvalue weighted by atomic mass is 79.9. The first kappa shape index (κ1) is 12.7. The zero-order valence-corrected chi connectivity index (χ0v) is 11.8. The van der Waals surface area contributed by atoms with E-state index >= 15 is 0 Å². The van der Waals surface area contributed by atoms with E-state index in [2.05, 4.69) is 47.1 Å². The first-order chi connectivity index (χ1) is 8.15. The Morgan fingerprint density at radius 3 is 2.71 bits per heavy atom. The third-order valence-electron chi connectivity index (χ3n) is 2.40. The summed E-state index contributed by atoms with van der Waals surface area (Å²) in [6.07, 6.45) is 0. The Balaban J connectivity index is 2.07. The molecule has 0 amide bonds. The molecular formula is C14H12BrFS. The van der Waals surface area contributed by atoms with Crippen LogP contribution in [0.3, 0.4) is 0 Å². The molecule has 0 spiro atoms. The van der Waals surface area contributed by atoms with E-state index in [-0.39, 0.29) is 5.82 Å². The average Bonchev–Trinajstić information content (AvgIpc) is 2.28. The Morgan fingerprint density at radius 2 is 2.00 bits per heavy atom. The Hall–Kier alpha value is -0.800. The summed E-state index contributed by atoms with van der Waals surface area (Å²) in [5, 5.41) is 0. The summed E-state index contributed by atoms with van der Waals surface area (Å²) in [6.45, 7) is 2.08. The van der Waals surface area contributed by atoms with Crippen molar-refractivity contribution in [2.75, 3.05) is 0 Å². The summed E-state index contributed by atoms with van der Waals surface area (Å²) in [4.78, 5) is 1.24. The summed E-state index contributed by atoms with van der Waals surface area (Å²) in [7, 11) is 0. The van der Waals surface area contributed by atoms with Crippen molar-refractivity contribution in [3.63, 3.8) is 0 Å². The molecule has 2 aromatic carbocycles. The molecular weight excluding hydrogens is 299 g/mol. The van der Waals surface area contributed by atoms with E-state index in [0.717, 1.165) is 15.8 Å². The maximum atomic E-state index is 12.9. The van der Waals surface area contributed by atoms with Gasteiger partial charge in [0.1, 0.15) is 5.82 Å². The van der Waals surface area contributed by atoms with Crippen LogP contribution in [0.15, 0.2) is 51.8 Å². The number of thioether (sulfide) groups is 1. The number of hydrogen-bond acceptors (Lipinski definition) is 1. The topological polar surface area (TPSA) is 0 Å². The summed E-state index contributed by atoms with van der Waals surface area (Å²) >= 11 is 5.14. The van der Waals surface area contributed by atoms with E-state index in [4.69, 9.17) is 0 Å². The van der Waals surface area contributed by atoms with Gasteiger partial charge in [-0.25, -0.2) is 4.39 Å². The van der Waals surface area contributed by atoms with Gasteiger partial charge < -0.3 is 0 Å². The van der Waals surface area contributed by atoms with Gasteiger partial charge in [0.15, 0.2) is 0 Å². The van der Waals surface area contributed by atoms with E-state index in [1.54, 1.807) is 11.8 Å². The molecule has 0 N–H and O–H groups in total. The fourth-order valence-electron chi connectivity index (χ4n) is 1.50. The standard InChI is InChI=1S/C14H12BrFS/c1-10-3-2-4-13(7-10)17-9-11-5-6-12(16)8-14(11)15/h2-8H,9H2,1H3. The first-order valence-electron chi connectivity index (χ1n) is 5.28. The molecule has 0 aliphatic carbocycles. The number of hydrogen-bond donors (Lipinski definition) is 0. The monoisotopic (exact) mass is 310 g/mol. The van der Waals surface area contributed by atoms with Crippen LogP contribution in [0, 0.1) is 12.7 Å². The van der Waals surface area contributed by atoms with Crippen LogP contribution in [-0.4, -0.2) is 0 Å². The summed E-state index contributed by atoms with van der Waals surface area (Å²) in [5.74, 6) is 0.630. The van der Waals surface area contributed by atoms with Gasteiger partial charge in [-0.05, 0) is 36.8 Å². The number of benzene rings is 2. The molecule has 0 nitrogen and oxygen atoms in total. The summed E-state index contributed by atoms with van der Waals surface area (Å²) < 4.78 is 13.8. The van der Waals surface area contributed by atoms with Crippen LogP contribution in [0.25, 0.3) is 0 Å². The lowest BCUT2D eigenvalue weighted by molar-refractivity contribution is 0.626.